The van der Waals surface area contributed by atoms with Crippen LogP contribution in [0.15, 0.2) is 36.7 Å². The number of benzene rings is 1. The normalized spacial score (nSPS) is 12.0. The Kier molecular flexibility index (Phi) is 5.09. The van der Waals surface area contributed by atoms with Gasteiger partial charge in [0.1, 0.15) is 0 Å². The third-order valence-corrected chi connectivity index (χ3v) is 3.92. The molecule has 0 bridgehead atoms. The van der Waals surface area contributed by atoms with E-state index in [9.17, 15) is 4.79 Å². The molecule has 1 atom stereocenters. The molecule has 0 fully saturated rings. The Morgan fingerprint density at radius 1 is 1.14 bits per heavy atom. The van der Waals surface area contributed by atoms with Crippen molar-refractivity contribution in [3.8, 4) is 0 Å². The molecule has 0 unspecified atom stereocenters. The van der Waals surface area contributed by atoms with E-state index in [0.29, 0.717) is 20.8 Å². The summed E-state index contributed by atoms with van der Waals surface area (Å²) < 4.78 is 1.81. The average molecular weight is 345 g/mol. The molecule has 1 aromatic carbocycles. The molecule has 6 heteroatoms. The van der Waals surface area contributed by atoms with E-state index in [2.05, 4.69) is 5.32 Å². The molecular weight excluding hydrogens is 331 g/mol. The van der Waals surface area contributed by atoms with E-state index in [1.165, 1.54) is 12.1 Å². The summed E-state index contributed by atoms with van der Waals surface area (Å²) in [6.45, 7) is 3.78. The number of amides is 1. The molecule has 0 aliphatic carbocycles. The van der Waals surface area contributed by atoms with Gasteiger partial charge >= 0.3 is 0 Å². The van der Waals surface area contributed by atoms with Gasteiger partial charge in [-0.05, 0) is 24.6 Å². The van der Waals surface area contributed by atoms with Gasteiger partial charge in [-0.15, -0.1) is 0 Å². The molecule has 2 aromatic rings. The number of rotatable bonds is 3. The van der Waals surface area contributed by atoms with Crippen molar-refractivity contribution < 1.29 is 9.36 Å². The fourth-order valence-corrected chi connectivity index (χ4v) is 2.71. The number of nitrogens with one attached hydrogen (secondary N) is 1. The minimum absolute atomic E-state index is 0.213. The summed E-state index contributed by atoms with van der Waals surface area (Å²) in [7, 11) is 0. The third kappa shape index (κ3) is 3.88. The number of anilines is 1. The summed E-state index contributed by atoms with van der Waals surface area (Å²) >= 11 is 18.0. The highest BCUT2D eigenvalue weighted by atomic mass is 35.5. The first kappa shape index (κ1) is 16.1. The van der Waals surface area contributed by atoms with Crippen LogP contribution in [0.4, 0.5) is 5.69 Å². The monoisotopic (exact) mass is 343 g/mol. The summed E-state index contributed by atoms with van der Waals surface area (Å²) in [6.07, 6.45) is 3.70. The molecule has 0 spiro atoms. The van der Waals surface area contributed by atoms with E-state index in [4.69, 9.17) is 34.8 Å². The summed E-state index contributed by atoms with van der Waals surface area (Å²) in [5, 5.41) is 3.77. The lowest BCUT2D eigenvalue weighted by Gasteiger charge is -2.12. The fourth-order valence-electron chi connectivity index (χ4n) is 1.80. The first-order valence-corrected chi connectivity index (χ1v) is 7.44. The lowest BCUT2D eigenvalue weighted by molar-refractivity contribution is -0.705. The summed E-state index contributed by atoms with van der Waals surface area (Å²) in [6, 6.07) is 6.55. The van der Waals surface area contributed by atoms with Crippen molar-refractivity contribution >= 4 is 46.4 Å². The molecule has 0 aliphatic rings. The van der Waals surface area contributed by atoms with E-state index in [1.54, 1.807) is 11.5 Å². The molecule has 110 valence electrons. The van der Waals surface area contributed by atoms with Crippen LogP contribution < -0.4 is 9.88 Å². The number of carbonyl (C=O) groups is 1. The highest BCUT2D eigenvalue weighted by Crippen LogP contribution is 2.33. The smallest absolute Gasteiger partial charge is 0.293 e. The molecule has 0 saturated carbocycles. The van der Waals surface area contributed by atoms with Gasteiger partial charge in [0.2, 0.25) is 6.04 Å². The van der Waals surface area contributed by atoms with Gasteiger partial charge in [-0.2, -0.15) is 4.57 Å². The molecule has 2 rings (SSSR count). The summed E-state index contributed by atoms with van der Waals surface area (Å²) in [4.78, 5) is 12.3. The Labute approximate surface area is 138 Å². The first-order chi connectivity index (χ1) is 9.88. The van der Waals surface area contributed by atoms with Gasteiger partial charge in [0.15, 0.2) is 12.4 Å². The van der Waals surface area contributed by atoms with Gasteiger partial charge in [-0.3, -0.25) is 4.79 Å². The second-order valence-corrected chi connectivity index (χ2v) is 5.98. The highest BCUT2D eigenvalue weighted by Gasteiger charge is 2.23. The fraction of sp³-hybridized carbons (Fsp3) is 0.200. The van der Waals surface area contributed by atoms with Crippen LogP contribution in [0.1, 0.15) is 18.5 Å². The van der Waals surface area contributed by atoms with Crippen LogP contribution in [0.3, 0.4) is 0 Å². The minimum Gasteiger partial charge on any atom is -0.318 e. The topological polar surface area (TPSA) is 33.0 Å². The second-order valence-electron chi connectivity index (χ2n) is 4.73. The molecule has 0 radical (unpaired) electrons. The minimum atomic E-state index is -0.395. The van der Waals surface area contributed by atoms with E-state index < -0.39 is 6.04 Å². The molecule has 3 nitrogen and oxygen atoms in total. The molecule has 1 heterocycles. The molecule has 1 N–H and O–H groups in total. The van der Waals surface area contributed by atoms with Crippen molar-refractivity contribution in [2.75, 3.05) is 5.32 Å². The van der Waals surface area contributed by atoms with Crippen molar-refractivity contribution in [1.29, 1.82) is 0 Å². The molecular formula is C15H14Cl3N2O+. The predicted octanol–water partition coefficient (Wildman–Crippen LogP) is 4.44. The van der Waals surface area contributed by atoms with Gasteiger partial charge in [-0.1, -0.05) is 34.8 Å². The Morgan fingerprint density at radius 2 is 1.67 bits per heavy atom. The van der Waals surface area contributed by atoms with Crippen molar-refractivity contribution in [3.05, 3.63) is 57.3 Å². The molecule has 1 aromatic heterocycles. The maximum Gasteiger partial charge on any atom is 0.293 e. The Balaban J connectivity index is 2.20. The van der Waals surface area contributed by atoms with E-state index in [1.807, 2.05) is 31.5 Å². The zero-order valence-electron chi connectivity index (χ0n) is 11.5. The predicted molar refractivity (Wildman–Crippen MR) is 86.2 cm³/mol. The average Bonchev–Trinajstić information content (AvgIpc) is 2.42. The zero-order chi connectivity index (χ0) is 15.6. The van der Waals surface area contributed by atoms with Crippen molar-refractivity contribution in [3.63, 3.8) is 0 Å². The second kappa shape index (κ2) is 6.65. The standard InChI is InChI=1S/C15H13Cl3N2O/c1-9-3-5-20(6-4-9)10(2)15(21)19-14-12(17)7-11(16)8-13(14)18/h3-8,10H,1-2H3/p+1/t10-/m0/s1. The number of halogens is 3. The number of aryl methyl sites for hydroxylation is 1. The van der Waals surface area contributed by atoms with Gasteiger partial charge < -0.3 is 5.32 Å². The van der Waals surface area contributed by atoms with E-state index >= 15 is 0 Å². The van der Waals surface area contributed by atoms with Gasteiger partial charge in [0, 0.05) is 24.1 Å². The largest absolute Gasteiger partial charge is 0.318 e. The van der Waals surface area contributed by atoms with Gasteiger partial charge in [-0.25, -0.2) is 0 Å². The van der Waals surface area contributed by atoms with Gasteiger partial charge in [0.25, 0.3) is 5.91 Å². The van der Waals surface area contributed by atoms with Crippen LogP contribution >= 0.6 is 34.8 Å². The Hall–Kier alpha value is -1.29. The van der Waals surface area contributed by atoms with Crippen LogP contribution in [0, 0.1) is 6.92 Å². The number of hydrogen-bond acceptors (Lipinski definition) is 1. The SMILES string of the molecule is Cc1cc[n+]([C@@H](C)C(=O)Nc2c(Cl)cc(Cl)cc2Cl)cc1. The van der Waals surface area contributed by atoms with Crippen LogP contribution in [0.25, 0.3) is 0 Å². The zero-order valence-corrected chi connectivity index (χ0v) is 13.8. The van der Waals surface area contributed by atoms with Crippen LogP contribution in [-0.4, -0.2) is 5.91 Å². The van der Waals surface area contributed by atoms with Crippen LogP contribution in [-0.2, 0) is 4.79 Å². The van der Waals surface area contributed by atoms with E-state index in [-0.39, 0.29) is 5.91 Å². The number of pyridine rings is 1. The molecule has 1 amide bonds. The lowest BCUT2D eigenvalue weighted by Crippen LogP contribution is -2.44. The maximum atomic E-state index is 12.3. The Morgan fingerprint density at radius 3 is 2.19 bits per heavy atom. The number of aromatic nitrogens is 1. The number of nitrogens with zero attached hydrogens (tertiary/aromatic N) is 1. The highest BCUT2D eigenvalue weighted by molar-refractivity contribution is 6.42. The summed E-state index contributed by atoms with van der Waals surface area (Å²) in [5.74, 6) is -0.213. The molecule has 0 aliphatic heterocycles. The van der Waals surface area contributed by atoms with Crippen LogP contribution in [0.5, 0.6) is 0 Å². The first-order valence-electron chi connectivity index (χ1n) is 6.31. The number of carbonyl (C=O) groups excluding carboxylic acids is 1. The number of hydrogen-bond donors (Lipinski definition) is 1. The maximum absolute atomic E-state index is 12.3. The lowest BCUT2D eigenvalue weighted by atomic mass is 10.2. The Bertz CT molecular complexity index is 648. The molecule has 0 saturated heterocycles. The van der Waals surface area contributed by atoms with E-state index in [0.717, 1.165) is 5.56 Å². The van der Waals surface area contributed by atoms with Crippen LogP contribution in [0.2, 0.25) is 15.1 Å². The van der Waals surface area contributed by atoms with Gasteiger partial charge in [0.05, 0.1) is 15.7 Å². The summed E-state index contributed by atoms with van der Waals surface area (Å²) in [5.41, 5.74) is 1.50. The third-order valence-electron chi connectivity index (χ3n) is 3.10. The quantitative estimate of drug-likeness (QED) is 0.820. The van der Waals surface area contributed by atoms with Crippen molar-refractivity contribution in [1.82, 2.24) is 0 Å². The molecule has 21 heavy (non-hydrogen) atoms. The van der Waals surface area contributed by atoms with Crippen molar-refractivity contribution in [2.24, 2.45) is 0 Å². The van der Waals surface area contributed by atoms with Crippen molar-refractivity contribution in [2.45, 2.75) is 19.9 Å².